The van der Waals surface area contributed by atoms with Crippen LogP contribution >= 0.6 is 11.6 Å². The molecule has 0 aliphatic rings. The molecule has 0 heterocycles. The highest BCUT2D eigenvalue weighted by atomic mass is 35.5. The molecule has 0 fully saturated rings. The molecule has 0 aliphatic carbocycles. The first-order valence-corrected chi connectivity index (χ1v) is 6.68. The lowest BCUT2D eigenvalue weighted by Crippen LogP contribution is -2.33. The molecule has 4 heteroatoms. The molecular formula is C8H19ClO2Si. The SMILES string of the molecule is CCCC(Cl)[SiH](OCC)OCC. The van der Waals surface area contributed by atoms with E-state index in [4.69, 9.17) is 20.5 Å². The number of rotatable bonds is 7. The fraction of sp³-hybridized carbons (Fsp3) is 1.00. The summed E-state index contributed by atoms with van der Waals surface area (Å²) in [6, 6.07) is 0. The van der Waals surface area contributed by atoms with Gasteiger partial charge in [0.15, 0.2) is 0 Å². The van der Waals surface area contributed by atoms with Gasteiger partial charge in [-0.05, 0) is 20.3 Å². The van der Waals surface area contributed by atoms with Gasteiger partial charge in [0.2, 0.25) is 0 Å². The summed E-state index contributed by atoms with van der Waals surface area (Å²) in [5.41, 5.74) is 0. The maximum Gasteiger partial charge on any atom is 0.339 e. The van der Waals surface area contributed by atoms with E-state index in [9.17, 15) is 0 Å². The van der Waals surface area contributed by atoms with Crippen LogP contribution in [-0.4, -0.2) is 27.5 Å². The molecule has 2 nitrogen and oxygen atoms in total. The van der Waals surface area contributed by atoms with Gasteiger partial charge in [0.1, 0.15) is 0 Å². The number of alkyl halides is 1. The summed E-state index contributed by atoms with van der Waals surface area (Å²) < 4.78 is 11.0. The highest BCUT2D eigenvalue weighted by Gasteiger charge is 2.22. The highest BCUT2D eigenvalue weighted by molar-refractivity contribution is 6.59. The van der Waals surface area contributed by atoms with Crippen LogP contribution in [0.25, 0.3) is 0 Å². The van der Waals surface area contributed by atoms with E-state index in [-0.39, 0.29) is 5.00 Å². The molecule has 12 heavy (non-hydrogen) atoms. The van der Waals surface area contributed by atoms with Crippen molar-refractivity contribution in [3.8, 4) is 0 Å². The Morgan fingerprint density at radius 3 is 2.00 bits per heavy atom. The van der Waals surface area contributed by atoms with Gasteiger partial charge in [-0.25, -0.2) is 0 Å². The average molecular weight is 211 g/mol. The van der Waals surface area contributed by atoms with E-state index < -0.39 is 9.28 Å². The maximum atomic E-state index is 6.12. The Labute approximate surface area is 82.0 Å². The van der Waals surface area contributed by atoms with Gasteiger partial charge < -0.3 is 8.85 Å². The molecule has 0 amide bonds. The standard InChI is InChI=1S/C8H19ClO2Si/c1-4-7-8(9)12(10-5-2)11-6-3/h8,12H,4-7H2,1-3H3. The molecule has 0 saturated carbocycles. The second kappa shape index (κ2) is 8.04. The number of hydrogen-bond acceptors (Lipinski definition) is 2. The average Bonchev–Trinajstić information content (AvgIpc) is 2.04. The Morgan fingerprint density at radius 1 is 1.17 bits per heavy atom. The highest BCUT2D eigenvalue weighted by Crippen LogP contribution is 2.11. The van der Waals surface area contributed by atoms with Crippen molar-refractivity contribution in [1.82, 2.24) is 0 Å². The lowest BCUT2D eigenvalue weighted by molar-refractivity contribution is 0.210. The number of hydrogen-bond donors (Lipinski definition) is 0. The lowest BCUT2D eigenvalue weighted by atomic mass is 10.4. The lowest BCUT2D eigenvalue weighted by Gasteiger charge is -2.18. The van der Waals surface area contributed by atoms with Crippen LogP contribution in [0.1, 0.15) is 33.6 Å². The van der Waals surface area contributed by atoms with E-state index in [1.54, 1.807) is 0 Å². The van der Waals surface area contributed by atoms with E-state index in [0.29, 0.717) is 13.2 Å². The van der Waals surface area contributed by atoms with Crippen molar-refractivity contribution in [2.45, 2.75) is 38.6 Å². The van der Waals surface area contributed by atoms with Crippen molar-refractivity contribution in [3.63, 3.8) is 0 Å². The molecule has 0 aromatic heterocycles. The minimum absolute atomic E-state index is 0.120. The molecule has 1 unspecified atom stereocenters. The van der Waals surface area contributed by atoms with Crippen molar-refractivity contribution in [3.05, 3.63) is 0 Å². The molecule has 0 radical (unpaired) electrons. The van der Waals surface area contributed by atoms with Crippen LogP contribution in [0, 0.1) is 0 Å². The van der Waals surface area contributed by atoms with Gasteiger partial charge in [-0.2, -0.15) is 0 Å². The van der Waals surface area contributed by atoms with Gasteiger partial charge in [-0.1, -0.05) is 13.3 Å². The van der Waals surface area contributed by atoms with Crippen LogP contribution in [0.3, 0.4) is 0 Å². The zero-order valence-electron chi connectivity index (χ0n) is 8.18. The van der Waals surface area contributed by atoms with Crippen LogP contribution in [0.4, 0.5) is 0 Å². The summed E-state index contributed by atoms with van der Waals surface area (Å²) in [6.45, 7) is 7.51. The minimum Gasteiger partial charge on any atom is -0.396 e. The third-order valence-corrected chi connectivity index (χ3v) is 4.60. The summed E-state index contributed by atoms with van der Waals surface area (Å²) in [5.74, 6) is 0. The zero-order valence-corrected chi connectivity index (χ0v) is 10.1. The van der Waals surface area contributed by atoms with Gasteiger partial charge in [0.25, 0.3) is 0 Å². The van der Waals surface area contributed by atoms with Gasteiger partial charge in [0.05, 0.1) is 5.00 Å². The van der Waals surface area contributed by atoms with Crippen LogP contribution in [0.15, 0.2) is 0 Å². The van der Waals surface area contributed by atoms with Crippen LogP contribution in [-0.2, 0) is 8.85 Å². The smallest absolute Gasteiger partial charge is 0.339 e. The molecule has 0 bridgehead atoms. The van der Waals surface area contributed by atoms with Crippen molar-refractivity contribution in [2.24, 2.45) is 0 Å². The summed E-state index contributed by atoms with van der Waals surface area (Å²) in [5, 5.41) is 0.120. The van der Waals surface area contributed by atoms with Gasteiger partial charge >= 0.3 is 9.28 Å². The van der Waals surface area contributed by atoms with Crippen molar-refractivity contribution in [2.75, 3.05) is 13.2 Å². The largest absolute Gasteiger partial charge is 0.396 e. The Balaban J connectivity index is 3.72. The normalized spacial score (nSPS) is 13.8. The fourth-order valence-electron chi connectivity index (χ4n) is 0.997. The third kappa shape index (κ3) is 5.14. The molecule has 0 aromatic rings. The first-order chi connectivity index (χ1) is 5.76. The van der Waals surface area contributed by atoms with Crippen molar-refractivity contribution >= 4 is 20.9 Å². The summed E-state index contributed by atoms with van der Waals surface area (Å²) >= 11 is 6.12. The molecule has 0 spiro atoms. The minimum atomic E-state index is -1.58. The van der Waals surface area contributed by atoms with E-state index in [1.165, 1.54) is 0 Å². The van der Waals surface area contributed by atoms with E-state index in [0.717, 1.165) is 12.8 Å². The number of halogens is 1. The van der Waals surface area contributed by atoms with Crippen LogP contribution in [0.5, 0.6) is 0 Å². The second-order valence-corrected chi connectivity index (χ2v) is 5.78. The van der Waals surface area contributed by atoms with Gasteiger partial charge in [-0.15, -0.1) is 11.6 Å². The van der Waals surface area contributed by atoms with E-state index in [1.807, 2.05) is 13.8 Å². The fourth-order valence-corrected chi connectivity index (χ4v) is 3.43. The predicted octanol–water partition coefficient (Wildman–Crippen LogP) is 2.23. The monoisotopic (exact) mass is 210 g/mol. The molecule has 0 saturated heterocycles. The topological polar surface area (TPSA) is 18.5 Å². The van der Waals surface area contributed by atoms with Crippen LogP contribution in [0.2, 0.25) is 0 Å². The zero-order chi connectivity index (χ0) is 9.40. The molecule has 0 aromatic carbocycles. The molecule has 0 N–H and O–H groups in total. The van der Waals surface area contributed by atoms with Crippen molar-refractivity contribution < 1.29 is 8.85 Å². The molecule has 0 aliphatic heterocycles. The Hall–Kier alpha value is 0.427. The van der Waals surface area contributed by atoms with Crippen molar-refractivity contribution in [1.29, 1.82) is 0 Å². The predicted molar refractivity (Wildman–Crippen MR) is 55.0 cm³/mol. The van der Waals surface area contributed by atoms with Gasteiger partial charge in [-0.3, -0.25) is 0 Å². The summed E-state index contributed by atoms with van der Waals surface area (Å²) in [6.07, 6.45) is 2.09. The second-order valence-electron chi connectivity index (χ2n) is 2.58. The Morgan fingerprint density at radius 2 is 1.67 bits per heavy atom. The van der Waals surface area contributed by atoms with E-state index in [2.05, 4.69) is 6.92 Å². The van der Waals surface area contributed by atoms with Crippen LogP contribution < -0.4 is 0 Å². The molecule has 0 rings (SSSR count). The molecule has 74 valence electrons. The summed E-state index contributed by atoms with van der Waals surface area (Å²) in [7, 11) is -1.58. The molecule has 1 atom stereocenters. The third-order valence-electron chi connectivity index (χ3n) is 1.52. The Bertz CT molecular complexity index is 97.1. The Kier molecular flexibility index (Phi) is 8.33. The first kappa shape index (κ1) is 12.4. The quantitative estimate of drug-likeness (QED) is 0.474. The van der Waals surface area contributed by atoms with E-state index >= 15 is 0 Å². The molecular weight excluding hydrogens is 192 g/mol. The van der Waals surface area contributed by atoms with Gasteiger partial charge in [0, 0.05) is 13.2 Å². The maximum absolute atomic E-state index is 6.12. The summed E-state index contributed by atoms with van der Waals surface area (Å²) in [4.78, 5) is 0. The first-order valence-electron chi connectivity index (χ1n) is 4.63.